The van der Waals surface area contributed by atoms with Gasteiger partial charge in [0.05, 0.1) is 23.4 Å². The number of hydrogen-bond donors (Lipinski definition) is 2. The van der Waals surface area contributed by atoms with Gasteiger partial charge in [-0.2, -0.15) is 5.10 Å². The van der Waals surface area contributed by atoms with Gasteiger partial charge >= 0.3 is 0 Å². The molecule has 1 atom stereocenters. The first-order chi connectivity index (χ1) is 15.4. The number of rotatable bonds is 7. The third-order valence-corrected chi connectivity index (χ3v) is 7.48. The molecule has 166 valence electrons. The molecule has 0 saturated heterocycles. The lowest BCUT2D eigenvalue weighted by Crippen LogP contribution is -2.01. The van der Waals surface area contributed by atoms with Crippen molar-refractivity contribution >= 4 is 86.0 Å². The number of alkyl halides is 2. The highest BCUT2D eigenvalue weighted by Gasteiger charge is 2.23. The molecule has 0 aliphatic heterocycles. The number of pyridine rings is 1. The molecule has 0 saturated carbocycles. The molecule has 1 unspecified atom stereocenters. The van der Waals surface area contributed by atoms with Gasteiger partial charge in [-0.25, -0.2) is 18.7 Å². The van der Waals surface area contributed by atoms with Crippen LogP contribution in [0, 0.1) is 6.92 Å². The van der Waals surface area contributed by atoms with Crippen molar-refractivity contribution in [3.05, 3.63) is 52.9 Å². The maximum atomic E-state index is 13.7. The summed E-state index contributed by atoms with van der Waals surface area (Å²) in [6.07, 6.45) is -0.793. The number of aryl methyl sites for hydroxylation is 1. The fourth-order valence-electron chi connectivity index (χ4n) is 2.96. The number of fused-ring (bicyclic) bond motifs is 1. The minimum atomic E-state index is -2.73. The van der Waals surface area contributed by atoms with Crippen LogP contribution in [0.5, 0.6) is 0 Å². The smallest absolute Gasteiger partial charge is 0.295 e. The summed E-state index contributed by atoms with van der Waals surface area (Å²) in [6.45, 7) is 1.84. The standard InChI is InChI=1S/C19H16ClF2IN7PS/c1-9-3-6-14(29-28-9)25-15-8-12(24-11-5-4-10(20)7-13(11)32-2)16-18(26-15)30(31-23)19(27-16)17(21)22/h3-8,17,31H,1-2H3,(H2,24,25,26,29). The van der Waals surface area contributed by atoms with Crippen LogP contribution in [0.2, 0.25) is 5.02 Å². The number of aromatic nitrogens is 5. The number of thioether (sulfide) groups is 1. The van der Waals surface area contributed by atoms with Gasteiger partial charge in [0.25, 0.3) is 6.43 Å². The first kappa shape index (κ1) is 23.3. The van der Waals surface area contributed by atoms with Crippen LogP contribution in [0.1, 0.15) is 17.9 Å². The van der Waals surface area contributed by atoms with Crippen molar-refractivity contribution in [1.82, 2.24) is 24.5 Å². The molecule has 0 radical (unpaired) electrons. The molecule has 32 heavy (non-hydrogen) atoms. The molecule has 0 fully saturated rings. The van der Waals surface area contributed by atoms with Gasteiger partial charge in [-0.05, 0) is 65.6 Å². The SMILES string of the molecule is CSc1cc(Cl)ccc1Nc1cc(Nc2ccc(C)nn2)nc2c1nc(C(F)F)n2PI. The van der Waals surface area contributed by atoms with E-state index in [-0.39, 0.29) is 12.2 Å². The van der Waals surface area contributed by atoms with Gasteiger partial charge in [0.2, 0.25) is 0 Å². The van der Waals surface area contributed by atoms with Crippen molar-refractivity contribution in [2.75, 3.05) is 16.9 Å². The van der Waals surface area contributed by atoms with E-state index < -0.39 is 6.43 Å². The van der Waals surface area contributed by atoms with Crippen LogP contribution in [-0.4, -0.2) is 30.8 Å². The first-order valence-corrected chi connectivity index (χ1v) is 14.8. The van der Waals surface area contributed by atoms with Crippen molar-refractivity contribution in [3.63, 3.8) is 0 Å². The van der Waals surface area contributed by atoms with Gasteiger partial charge in [0.15, 0.2) is 17.3 Å². The summed E-state index contributed by atoms with van der Waals surface area (Å²) in [6, 6.07) is 10.7. The van der Waals surface area contributed by atoms with E-state index in [1.54, 1.807) is 18.2 Å². The Morgan fingerprint density at radius 2 is 1.88 bits per heavy atom. The minimum absolute atomic E-state index is 0.000662. The molecule has 1 aromatic carbocycles. The number of imidazole rings is 1. The molecule has 13 heteroatoms. The highest BCUT2D eigenvalue weighted by atomic mass is 127. The molecule has 7 nitrogen and oxygen atoms in total. The number of hydrogen-bond acceptors (Lipinski definition) is 7. The molecular weight excluding hydrogens is 590 g/mol. The maximum Gasteiger partial charge on any atom is 0.295 e. The number of anilines is 4. The summed E-state index contributed by atoms with van der Waals surface area (Å²) >= 11 is 9.69. The van der Waals surface area contributed by atoms with Gasteiger partial charge in [-0.3, -0.25) is 4.34 Å². The zero-order valence-electron chi connectivity index (χ0n) is 16.7. The van der Waals surface area contributed by atoms with Crippen molar-refractivity contribution in [2.45, 2.75) is 18.2 Å². The predicted octanol–water partition coefficient (Wildman–Crippen LogP) is 7.12. The lowest BCUT2D eigenvalue weighted by atomic mass is 10.2. The minimum Gasteiger partial charge on any atom is -0.353 e. The Balaban J connectivity index is 1.86. The van der Waals surface area contributed by atoms with Crippen molar-refractivity contribution in [3.8, 4) is 0 Å². The van der Waals surface area contributed by atoms with E-state index in [1.165, 1.54) is 16.1 Å². The Morgan fingerprint density at radius 3 is 2.53 bits per heavy atom. The van der Waals surface area contributed by atoms with Crippen LogP contribution >= 0.6 is 51.8 Å². The van der Waals surface area contributed by atoms with E-state index >= 15 is 0 Å². The number of halogens is 4. The average molecular weight is 606 g/mol. The van der Waals surface area contributed by atoms with Gasteiger partial charge < -0.3 is 10.6 Å². The quantitative estimate of drug-likeness (QED) is 0.132. The summed E-state index contributed by atoms with van der Waals surface area (Å²) in [5.74, 6) is 0.591. The number of nitrogens with zero attached hydrogens (tertiary/aromatic N) is 5. The third kappa shape index (κ3) is 4.90. The topological polar surface area (TPSA) is 80.6 Å². The lowest BCUT2D eigenvalue weighted by Gasteiger charge is -2.13. The van der Waals surface area contributed by atoms with Crippen LogP contribution in [-0.2, 0) is 0 Å². The fraction of sp³-hybridized carbons (Fsp3) is 0.158. The van der Waals surface area contributed by atoms with E-state index in [1.807, 2.05) is 53.4 Å². The lowest BCUT2D eigenvalue weighted by molar-refractivity contribution is 0.140. The molecule has 4 rings (SSSR count). The normalized spacial score (nSPS) is 11.7. The van der Waals surface area contributed by atoms with Gasteiger partial charge in [-0.1, -0.05) is 11.6 Å². The number of benzene rings is 1. The second-order valence-corrected chi connectivity index (χ2v) is 9.92. The zero-order valence-corrected chi connectivity index (χ0v) is 21.4. The van der Waals surface area contributed by atoms with Crippen molar-refractivity contribution in [1.29, 1.82) is 0 Å². The van der Waals surface area contributed by atoms with Crippen LogP contribution in [0.3, 0.4) is 0 Å². The highest BCUT2D eigenvalue weighted by Crippen LogP contribution is 2.39. The Morgan fingerprint density at radius 1 is 1.06 bits per heavy atom. The molecule has 0 bridgehead atoms. The van der Waals surface area contributed by atoms with E-state index in [0.717, 1.165) is 16.3 Å². The fourth-order valence-corrected chi connectivity index (χ4v) is 5.68. The Kier molecular flexibility index (Phi) is 7.28. The largest absolute Gasteiger partial charge is 0.353 e. The number of nitrogens with one attached hydrogen (secondary N) is 2. The molecule has 0 aliphatic rings. The van der Waals surface area contributed by atoms with Crippen molar-refractivity contribution in [2.24, 2.45) is 0 Å². The van der Waals surface area contributed by atoms with Crippen LogP contribution in [0.4, 0.5) is 31.8 Å². The summed E-state index contributed by atoms with van der Waals surface area (Å²) in [5.41, 5.74) is 2.79. The molecule has 3 aromatic heterocycles. The van der Waals surface area contributed by atoms with E-state index in [2.05, 4.69) is 30.8 Å². The van der Waals surface area contributed by atoms with Gasteiger partial charge in [0, 0.05) is 16.0 Å². The Hall–Kier alpha value is -1.82. The Bertz CT molecular complexity index is 1270. The van der Waals surface area contributed by atoms with E-state index in [9.17, 15) is 8.78 Å². The van der Waals surface area contributed by atoms with Gasteiger partial charge in [-0.15, -0.1) is 16.9 Å². The predicted molar refractivity (Wildman–Crippen MR) is 137 cm³/mol. The molecule has 0 amide bonds. The van der Waals surface area contributed by atoms with Crippen LogP contribution in [0.15, 0.2) is 41.3 Å². The Labute approximate surface area is 206 Å². The monoisotopic (exact) mass is 605 g/mol. The molecule has 0 aliphatic carbocycles. The van der Waals surface area contributed by atoms with Crippen molar-refractivity contribution < 1.29 is 8.78 Å². The molecule has 4 aromatic rings. The second-order valence-electron chi connectivity index (χ2n) is 6.57. The zero-order chi connectivity index (χ0) is 22.8. The second kappa shape index (κ2) is 9.98. The summed E-state index contributed by atoms with van der Waals surface area (Å²) in [4.78, 5) is 9.67. The average Bonchev–Trinajstić information content (AvgIpc) is 3.15. The molecule has 3 heterocycles. The van der Waals surface area contributed by atoms with Crippen LogP contribution in [0.25, 0.3) is 11.2 Å². The van der Waals surface area contributed by atoms with Crippen LogP contribution < -0.4 is 10.6 Å². The molecule has 0 spiro atoms. The highest BCUT2D eigenvalue weighted by molar-refractivity contribution is 14.2. The molecular formula is C19H16ClF2IN7PS. The third-order valence-electron chi connectivity index (χ3n) is 4.41. The van der Waals surface area contributed by atoms with Gasteiger partial charge in [0.1, 0.15) is 11.3 Å². The van der Waals surface area contributed by atoms with E-state index in [0.29, 0.717) is 33.5 Å². The first-order valence-electron chi connectivity index (χ1n) is 9.15. The van der Waals surface area contributed by atoms with E-state index in [4.69, 9.17) is 11.6 Å². The summed E-state index contributed by atoms with van der Waals surface area (Å²) < 4.78 is 28.8. The maximum absolute atomic E-state index is 13.7. The summed E-state index contributed by atoms with van der Waals surface area (Å²) in [5, 5.41) is 15.2. The summed E-state index contributed by atoms with van der Waals surface area (Å²) in [7, 11) is 0. The molecule has 2 N–H and O–H groups in total.